The van der Waals surface area contributed by atoms with Crippen LogP contribution in [0.3, 0.4) is 0 Å². The molecule has 1 atom stereocenters. The molecule has 294 valence electrons. The lowest BCUT2D eigenvalue weighted by molar-refractivity contribution is -0.136. The Hall–Kier alpha value is -6.53. The minimum atomic E-state index is -3.84. The summed E-state index contributed by atoms with van der Waals surface area (Å²) in [4.78, 5) is 89.2. The molecule has 6 amide bonds. The monoisotopic (exact) mass is 793 g/mol. The van der Waals surface area contributed by atoms with Crippen LogP contribution in [-0.2, 0) is 24.4 Å². The van der Waals surface area contributed by atoms with Crippen molar-refractivity contribution in [3.05, 3.63) is 95.8 Å². The second-order valence-electron chi connectivity index (χ2n) is 13.7. The summed E-state index contributed by atoms with van der Waals surface area (Å²) < 4.78 is 28.6. The van der Waals surface area contributed by atoms with E-state index in [-0.39, 0.29) is 59.2 Å². The highest BCUT2D eigenvalue weighted by atomic mass is 32.2. The van der Waals surface area contributed by atoms with E-state index in [2.05, 4.69) is 25.3 Å². The van der Waals surface area contributed by atoms with Crippen LogP contribution in [-0.4, -0.2) is 102 Å². The number of aromatic nitrogens is 2. The van der Waals surface area contributed by atoms with E-state index < -0.39 is 45.6 Å². The van der Waals surface area contributed by atoms with Gasteiger partial charge in [-0.15, -0.1) is 0 Å². The number of benzene rings is 3. The SMILES string of the molecule is Nc1ncc(-c2ccc(S(=O)(=O)NCCCCC(=O)N3CCN(c4ccc5c(c4)C(=O)N(C4CCC(=O)NC4=O)C5=O)CC3)cc2)nc1C(=O)Nc1ccccc1. The van der Waals surface area contributed by atoms with Crippen LogP contribution in [0.2, 0.25) is 0 Å². The fourth-order valence-corrected chi connectivity index (χ4v) is 8.01. The molecule has 0 saturated carbocycles. The maximum Gasteiger partial charge on any atom is 0.278 e. The fourth-order valence-electron chi connectivity index (χ4n) is 6.94. The molecule has 2 fully saturated rings. The van der Waals surface area contributed by atoms with E-state index in [1.54, 1.807) is 59.5 Å². The Bertz CT molecular complexity index is 2370. The number of piperidine rings is 1. The number of rotatable bonds is 12. The van der Waals surface area contributed by atoms with E-state index in [4.69, 9.17) is 5.73 Å². The number of nitrogens with one attached hydrogen (secondary N) is 3. The molecule has 7 rings (SSSR count). The predicted octanol–water partition coefficient (Wildman–Crippen LogP) is 2.18. The third-order valence-corrected chi connectivity index (χ3v) is 11.5. The van der Waals surface area contributed by atoms with E-state index in [0.717, 1.165) is 4.90 Å². The maximum absolute atomic E-state index is 13.2. The molecule has 4 heterocycles. The maximum atomic E-state index is 13.2. The van der Waals surface area contributed by atoms with Gasteiger partial charge in [0.1, 0.15) is 6.04 Å². The molecule has 0 bridgehead atoms. The van der Waals surface area contributed by atoms with Crippen molar-refractivity contribution in [2.24, 2.45) is 0 Å². The van der Waals surface area contributed by atoms with Crippen molar-refractivity contribution in [3.63, 3.8) is 0 Å². The Kier molecular flexibility index (Phi) is 11.1. The number of hydrogen-bond donors (Lipinski definition) is 4. The average molecular weight is 794 g/mol. The van der Waals surface area contributed by atoms with Gasteiger partial charge in [-0.25, -0.2) is 23.1 Å². The molecule has 1 unspecified atom stereocenters. The van der Waals surface area contributed by atoms with Crippen molar-refractivity contribution < 1.29 is 37.2 Å². The topological polar surface area (TPSA) is 234 Å². The smallest absolute Gasteiger partial charge is 0.278 e. The summed E-state index contributed by atoms with van der Waals surface area (Å²) in [7, 11) is -3.84. The quantitative estimate of drug-likeness (QED) is 0.119. The summed E-state index contributed by atoms with van der Waals surface area (Å²) in [6.07, 6.45) is 2.68. The van der Waals surface area contributed by atoms with E-state index in [1.165, 1.54) is 18.3 Å². The lowest BCUT2D eigenvalue weighted by atomic mass is 10.0. The van der Waals surface area contributed by atoms with Crippen molar-refractivity contribution in [1.82, 2.24) is 29.8 Å². The number of nitrogen functional groups attached to an aromatic ring is 1. The molecular formula is C39H39N9O8S. The van der Waals surface area contributed by atoms with Crippen molar-refractivity contribution in [2.45, 2.75) is 43.0 Å². The second kappa shape index (κ2) is 16.3. The van der Waals surface area contributed by atoms with E-state index in [9.17, 15) is 37.2 Å². The van der Waals surface area contributed by atoms with Crippen LogP contribution in [0.5, 0.6) is 0 Å². The van der Waals surface area contributed by atoms with Crippen LogP contribution in [0.25, 0.3) is 11.3 Å². The van der Waals surface area contributed by atoms with Crippen molar-refractivity contribution in [2.75, 3.05) is 48.7 Å². The standard InChI is InChI=1S/C39H39N9O8S/c40-35-34(37(52)43-25-6-2-1-3-7-25)44-30(23-41-35)24-9-12-27(13-10-24)57(55,56)42-17-5-4-8-33(50)47-20-18-46(19-21-47)26-11-14-28-29(22-26)39(54)48(38(28)53)31-15-16-32(49)45-36(31)51/h1-3,6-7,9-14,22-23,31,42H,4-5,8,15-21H2,(H2,40,41)(H,43,52)(H,45,49,51). The zero-order chi connectivity index (χ0) is 40.3. The Morgan fingerprint density at radius 1 is 0.877 bits per heavy atom. The molecule has 18 heteroatoms. The fraction of sp³-hybridized carbons (Fsp3) is 0.282. The van der Waals surface area contributed by atoms with Gasteiger partial charge in [-0.05, 0) is 61.7 Å². The zero-order valence-corrected chi connectivity index (χ0v) is 31.5. The van der Waals surface area contributed by atoms with Gasteiger partial charge in [0.05, 0.1) is 27.9 Å². The number of fused-ring (bicyclic) bond motifs is 1. The molecule has 3 aliphatic rings. The molecule has 0 aliphatic carbocycles. The number of nitrogens with zero attached hydrogens (tertiary/aromatic N) is 5. The Morgan fingerprint density at radius 3 is 2.32 bits per heavy atom. The Balaban J connectivity index is 0.852. The summed E-state index contributed by atoms with van der Waals surface area (Å²) >= 11 is 0. The summed E-state index contributed by atoms with van der Waals surface area (Å²) in [5.41, 5.74) is 8.41. The first-order chi connectivity index (χ1) is 27.4. The first-order valence-electron chi connectivity index (χ1n) is 18.4. The van der Waals surface area contributed by atoms with Crippen LogP contribution >= 0.6 is 0 Å². The number of unbranched alkanes of at least 4 members (excludes halogenated alkanes) is 1. The summed E-state index contributed by atoms with van der Waals surface area (Å²) in [5.74, 6) is -2.87. The highest BCUT2D eigenvalue weighted by molar-refractivity contribution is 7.89. The third-order valence-electron chi connectivity index (χ3n) is 10.0. The molecule has 57 heavy (non-hydrogen) atoms. The number of nitrogens with two attached hydrogens (primary N) is 1. The van der Waals surface area contributed by atoms with E-state index in [1.807, 2.05) is 11.0 Å². The number of para-hydroxylation sites is 1. The first kappa shape index (κ1) is 38.7. The van der Waals surface area contributed by atoms with Gasteiger partial charge in [0, 0.05) is 62.5 Å². The molecule has 0 spiro atoms. The third kappa shape index (κ3) is 8.36. The van der Waals surface area contributed by atoms with Crippen LogP contribution in [0.15, 0.2) is 83.9 Å². The van der Waals surface area contributed by atoms with Gasteiger partial charge in [0.25, 0.3) is 17.7 Å². The number of hydrogen-bond acceptors (Lipinski definition) is 12. The van der Waals surface area contributed by atoms with Gasteiger partial charge >= 0.3 is 0 Å². The lowest BCUT2D eigenvalue weighted by Gasteiger charge is -2.36. The van der Waals surface area contributed by atoms with Crippen molar-refractivity contribution in [3.8, 4) is 11.3 Å². The number of imide groups is 2. The number of sulfonamides is 1. The van der Waals surface area contributed by atoms with Gasteiger partial charge in [0.15, 0.2) is 11.5 Å². The molecule has 17 nitrogen and oxygen atoms in total. The van der Waals surface area contributed by atoms with Gasteiger partial charge in [-0.2, -0.15) is 0 Å². The first-order valence-corrected chi connectivity index (χ1v) is 19.9. The molecule has 3 aromatic carbocycles. The Labute approximate surface area is 327 Å². The van der Waals surface area contributed by atoms with Gasteiger partial charge < -0.3 is 20.9 Å². The summed E-state index contributed by atoms with van der Waals surface area (Å²) in [6, 6.07) is 18.7. The van der Waals surface area contributed by atoms with Gasteiger partial charge in [0.2, 0.25) is 27.7 Å². The average Bonchev–Trinajstić information content (AvgIpc) is 3.46. The van der Waals surface area contributed by atoms with Crippen LogP contribution in [0.4, 0.5) is 17.2 Å². The number of carbonyl (C=O) groups excluding carboxylic acids is 6. The summed E-state index contributed by atoms with van der Waals surface area (Å²) in [5, 5.41) is 4.91. The molecule has 0 radical (unpaired) electrons. The van der Waals surface area contributed by atoms with Crippen molar-refractivity contribution in [1.29, 1.82) is 0 Å². The largest absolute Gasteiger partial charge is 0.382 e. The van der Waals surface area contributed by atoms with E-state index in [0.29, 0.717) is 61.7 Å². The molecule has 3 aliphatic heterocycles. The molecule has 2 saturated heterocycles. The lowest BCUT2D eigenvalue weighted by Crippen LogP contribution is -2.54. The van der Waals surface area contributed by atoms with Gasteiger partial charge in [-0.1, -0.05) is 30.3 Å². The van der Waals surface area contributed by atoms with Crippen LogP contribution < -0.4 is 26.0 Å². The number of anilines is 3. The number of piperazine rings is 1. The highest BCUT2D eigenvalue weighted by Gasteiger charge is 2.44. The summed E-state index contributed by atoms with van der Waals surface area (Å²) in [6.45, 7) is 2.01. The number of amides is 6. The van der Waals surface area contributed by atoms with E-state index >= 15 is 0 Å². The van der Waals surface area contributed by atoms with Gasteiger partial charge in [-0.3, -0.25) is 39.0 Å². The normalized spacial score (nSPS) is 17.1. The molecule has 1 aromatic heterocycles. The molecule has 4 aromatic rings. The predicted molar refractivity (Wildman–Crippen MR) is 207 cm³/mol. The second-order valence-corrected chi connectivity index (χ2v) is 15.5. The molecule has 5 N–H and O–H groups in total. The zero-order valence-electron chi connectivity index (χ0n) is 30.6. The minimum Gasteiger partial charge on any atom is -0.382 e. The molecular weight excluding hydrogens is 755 g/mol. The number of carbonyl (C=O) groups is 6. The van der Waals surface area contributed by atoms with Crippen molar-refractivity contribution >= 4 is 62.7 Å². The van der Waals surface area contributed by atoms with Crippen LogP contribution in [0, 0.1) is 0 Å². The Morgan fingerprint density at radius 2 is 1.60 bits per heavy atom. The highest BCUT2D eigenvalue weighted by Crippen LogP contribution is 2.31. The minimum absolute atomic E-state index is 0.0385. The van der Waals surface area contributed by atoms with Crippen LogP contribution in [0.1, 0.15) is 63.3 Å².